The number of carbonyl (C=O) groups excluding carboxylic acids is 1. The second-order valence-electron chi connectivity index (χ2n) is 8.86. The van der Waals surface area contributed by atoms with Crippen molar-refractivity contribution in [1.82, 2.24) is 14.5 Å². The predicted molar refractivity (Wildman–Crippen MR) is 123 cm³/mol. The Morgan fingerprint density at radius 1 is 1.16 bits per heavy atom. The lowest BCUT2D eigenvalue weighted by atomic mass is 9.98. The molecule has 6 heteroatoms. The summed E-state index contributed by atoms with van der Waals surface area (Å²) < 4.78 is 2.28. The minimum Gasteiger partial charge on any atom is -0.394 e. The van der Waals surface area contributed by atoms with Gasteiger partial charge in [0.2, 0.25) is 5.91 Å². The molecule has 5 rings (SSSR count). The molecule has 2 aliphatic rings. The summed E-state index contributed by atoms with van der Waals surface area (Å²) in [5.41, 5.74) is 5.97. The lowest BCUT2D eigenvalue weighted by molar-refractivity contribution is -0.130. The van der Waals surface area contributed by atoms with Gasteiger partial charge in [-0.2, -0.15) is 0 Å². The van der Waals surface area contributed by atoms with Crippen LogP contribution in [0.4, 0.5) is 5.82 Å². The summed E-state index contributed by atoms with van der Waals surface area (Å²) in [5.74, 6) is 1.18. The number of hydrogen-bond donors (Lipinski definition) is 1. The summed E-state index contributed by atoms with van der Waals surface area (Å²) in [4.78, 5) is 22.0. The van der Waals surface area contributed by atoms with E-state index >= 15 is 0 Å². The highest BCUT2D eigenvalue weighted by Crippen LogP contribution is 2.37. The number of anilines is 1. The Morgan fingerprint density at radius 3 is 2.71 bits per heavy atom. The molecule has 4 heterocycles. The zero-order valence-corrected chi connectivity index (χ0v) is 18.3. The van der Waals surface area contributed by atoms with Crippen molar-refractivity contribution in [1.29, 1.82) is 0 Å². The van der Waals surface area contributed by atoms with E-state index in [2.05, 4.69) is 52.6 Å². The van der Waals surface area contributed by atoms with Gasteiger partial charge in [0.25, 0.3) is 0 Å². The second kappa shape index (κ2) is 8.00. The van der Waals surface area contributed by atoms with Gasteiger partial charge in [-0.15, -0.1) is 0 Å². The highest BCUT2D eigenvalue weighted by molar-refractivity contribution is 5.93. The molecular weight excluding hydrogens is 388 g/mol. The lowest BCUT2D eigenvalue weighted by Gasteiger charge is -2.35. The van der Waals surface area contributed by atoms with Crippen LogP contribution in [0, 0.1) is 13.8 Å². The Bertz CT molecular complexity index is 1130. The standard InChI is InChI=1S/C25H30N4O2/c1-17-8-9-26-23(14-17)27-10-12-28(13-11-27)24(31)15-22-18(2)29-20(16-30)7-6-19-4-3-5-21(22)25(19)29/h3-5,8-9,14,20,30H,6-7,10-13,15-16H2,1-2H3. The van der Waals surface area contributed by atoms with Crippen LogP contribution in [0.1, 0.15) is 34.8 Å². The van der Waals surface area contributed by atoms with Gasteiger partial charge in [-0.05, 0) is 55.5 Å². The maximum absolute atomic E-state index is 13.2. The average molecular weight is 419 g/mol. The van der Waals surface area contributed by atoms with E-state index in [9.17, 15) is 9.90 Å². The van der Waals surface area contributed by atoms with Gasteiger partial charge in [-0.1, -0.05) is 18.2 Å². The van der Waals surface area contributed by atoms with Crippen molar-refractivity contribution in [2.75, 3.05) is 37.7 Å². The molecular formula is C25H30N4O2. The Morgan fingerprint density at radius 2 is 1.97 bits per heavy atom. The van der Waals surface area contributed by atoms with Gasteiger partial charge in [0, 0.05) is 43.5 Å². The van der Waals surface area contributed by atoms with Crippen LogP contribution in [0.2, 0.25) is 0 Å². The first-order valence-corrected chi connectivity index (χ1v) is 11.2. The average Bonchev–Trinajstić information content (AvgIpc) is 3.08. The third kappa shape index (κ3) is 3.49. The van der Waals surface area contributed by atoms with Crippen molar-refractivity contribution in [2.45, 2.75) is 39.2 Å². The number of aryl methyl sites for hydroxylation is 2. The quantitative estimate of drug-likeness (QED) is 0.708. The number of aromatic nitrogens is 2. The maximum Gasteiger partial charge on any atom is 0.227 e. The second-order valence-corrected chi connectivity index (χ2v) is 8.86. The first-order valence-electron chi connectivity index (χ1n) is 11.2. The van der Waals surface area contributed by atoms with E-state index in [1.165, 1.54) is 22.0 Å². The molecule has 0 saturated carbocycles. The minimum absolute atomic E-state index is 0.103. The SMILES string of the molecule is Cc1ccnc(N2CCN(C(=O)Cc3c(C)n4c5c(cccc35)CCC4CO)CC2)c1. The van der Waals surface area contributed by atoms with Crippen LogP contribution >= 0.6 is 0 Å². The number of amides is 1. The molecule has 1 aromatic carbocycles. The Labute approximate surface area is 183 Å². The Hall–Kier alpha value is -2.86. The fourth-order valence-corrected chi connectivity index (χ4v) is 5.27. The van der Waals surface area contributed by atoms with Crippen molar-refractivity contribution in [3.63, 3.8) is 0 Å². The van der Waals surface area contributed by atoms with E-state index in [1.807, 2.05) is 17.2 Å². The van der Waals surface area contributed by atoms with Crippen molar-refractivity contribution >= 4 is 22.6 Å². The molecule has 31 heavy (non-hydrogen) atoms. The number of nitrogens with zero attached hydrogens (tertiary/aromatic N) is 4. The summed E-state index contributed by atoms with van der Waals surface area (Å²) >= 11 is 0. The number of aliphatic hydroxyl groups excluding tert-OH is 1. The summed E-state index contributed by atoms with van der Waals surface area (Å²) in [6.45, 7) is 7.36. The third-order valence-corrected chi connectivity index (χ3v) is 6.99. The number of para-hydroxylation sites is 1. The molecule has 0 bridgehead atoms. The smallest absolute Gasteiger partial charge is 0.227 e. The van der Waals surface area contributed by atoms with Crippen LogP contribution < -0.4 is 4.90 Å². The van der Waals surface area contributed by atoms with E-state index in [1.54, 1.807) is 0 Å². The Balaban J connectivity index is 1.35. The first-order chi connectivity index (χ1) is 15.1. The number of piperazine rings is 1. The molecule has 2 aromatic heterocycles. The van der Waals surface area contributed by atoms with E-state index in [4.69, 9.17) is 0 Å². The first kappa shape index (κ1) is 20.1. The number of hydrogen-bond acceptors (Lipinski definition) is 4. The van der Waals surface area contributed by atoms with Gasteiger partial charge < -0.3 is 19.5 Å². The van der Waals surface area contributed by atoms with E-state index < -0.39 is 0 Å². The van der Waals surface area contributed by atoms with Gasteiger partial charge in [-0.25, -0.2) is 4.98 Å². The van der Waals surface area contributed by atoms with Crippen molar-refractivity contribution in [3.05, 3.63) is 58.9 Å². The highest BCUT2D eigenvalue weighted by Gasteiger charge is 2.28. The molecule has 3 aromatic rings. The van der Waals surface area contributed by atoms with Crippen LogP contribution in [0.15, 0.2) is 36.5 Å². The molecule has 162 valence electrons. The van der Waals surface area contributed by atoms with E-state index in [0.29, 0.717) is 6.42 Å². The van der Waals surface area contributed by atoms with Gasteiger partial charge in [0.05, 0.1) is 24.6 Å². The van der Waals surface area contributed by atoms with Crippen LogP contribution in [0.25, 0.3) is 10.9 Å². The number of rotatable bonds is 4. The van der Waals surface area contributed by atoms with Crippen LogP contribution in [-0.4, -0.2) is 58.3 Å². The number of benzene rings is 1. The van der Waals surface area contributed by atoms with Crippen LogP contribution in [0.3, 0.4) is 0 Å². The summed E-state index contributed by atoms with van der Waals surface area (Å²) in [7, 11) is 0. The topological polar surface area (TPSA) is 61.6 Å². The van der Waals surface area contributed by atoms with E-state index in [0.717, 1.165) is 56.1 Å². The third-order valence-electron chi connectivity index (χ3n) is 6.99. The molecule has 1 saturated heterocycles. The van der Waals surface area contributed by atoms with Crippen molar-refractivity contribution in [2.24, 2.45) is 0 Å². The molecule has 2 aliphatic heterocycles. The maximum atomic E-state index is 13.2. The predicted octanol–water partition coefficient (Wildman–Crippen LogP) is 3.02. The van der Waals surface area contributed by atoms with Crippen molar-refractivity contribution < 1.29 is 9.90 Å². The number of carbonyl (C=O) groups is 1. The van der Waals surface area contributed by atoms with Gasteiger partial charge in [0.1, 0.15) is 5.82 Å². The molecule has 0 aliphatic carbocycles. The fraction of sp³-hybridized carbons (Fsp3) is 0.440. The summed E-state index contributed by atoms with van der Waals surface area (Å²) in [5, 5.41) is 11.1. The lowest BCUT2D eigenvalue weighted by Crippen LogP contribution is -2.49. The van der Waals surface area contributed by atoms with Crippen LogP contribution in [0.5, 0.6) is 0 Å². The van der Waals surface area contributed by atoms with Crippen LogP contribution in [-0.2, 0) is 17.6 Å². The largest absolute Gasteiger partial charge is 0.394 e. The van der Waals surface area contributed by atoms with E-state index in [-0.39, 0.29) is 18.6 Å². The molecule has 6 nitrogen and oxygen atoms in total. The monoisotopic (exact) mass is 418 g/mol. The van der Waals surface area contributed by atoms with Gasteiger partial charge >= 0.3 is 0 Å². The molecule has 1 amide bonds. The molecule has 1 atom stereocenters. The minimum atomic E-state index is 0.103. The summed E-state index contributed by atoms with van der Waals surface area (Å²) in [6, 6.07) is 10.6. The summed E-state index contributed by atoms with van der Waals surface area (Å²) in [6.07, 6.45) is 4.19. The number of pyridine rings is 1. The van der Waals surface area contributed by atoms with Gasteiger partial charge in [-0.3, -0.25) is 4.79 Å². The number of aliphatic hydroxyl groups is 1. The molecule has 1 N–H and O–H groups in total. The Kier molecular flexibility index (Phi) is 5.18. The molecule has 0 spiro atoms. The molecule has 1 fully saturated rings. The van der Waals surface area contributed by atoms with Crippen molar-refractivity contribution in [3.8, 4) is 0 Å². The zero-order valence-electron chi connectivity index (χ0n) is 18.3. The highest BCUT2D eigenvalue weighted by atomic mass is 16.3. The normalized spacial score (nSPS) is 18.6. The van der Waals surface area contributed by atoms with Gasteiger partial charge in [0.15, 0.2) is 0 Å². The fourth-order valence-electron chi connectivity index (χ4n) is 5.27. The molecule has 0 radical (unpaired) electrons. The zero-order chi connectivity index (χ0) is 21.5. The molecule has 1 unspecified atom stereocenters.